The Bertz CT molecular complexity index is 1210. The van der Waals surface area contributed by atoms with Gasteiger partial charge in [-0.2, -0.15) is 0 Å². The minimum atomic E-state index is -0.0906. The maximum absolute atomic E-state index is 13.4. The molecule has 7 nitrogen and oxygen atoms in total. The summed E-state index contributed by atoms with van der Waals surface area (Å²) in [4.78, 5) is 31.0. The normalized spacial score (nSPS) is 13.7. The Balaban J connectivity index is 1.42. The van der Waals surface area contributed by atoms with Crippen LogP contribution in [0.5, 0.6) is 5.75 Å². The van der Waals surface area contributed by atoms with Crippen molar-refractivity contribution in [3.63, 3.8) is 0 Å². The Morgan fingerprint density at radius 2 is 1.77 bits per heavy atom. The van der Waals surface area contributed by atoms with Gasteiger partial charge in [-0.25, -0.2) is 15.0 Å². The summed E-state index contributed by atoms with van der Waals surface area (Å²) in [5, 5.41) is 1.95. The van der Waals surface area contributed by atoms with Gasteiger partial charge in [0.1, 0.15) is 12.4 Å². The van der Waals surface area contributed by atoms with Gasteiger partial charge in [0, 0.05) is 31.1 Å². The third-order valence-corrected chi connectivity index (χ3v) is 5.88. The zero-order chi connectivity index (χ0) is 21.2. The zero-order valence-corrected chi connectivity index (χ0v) is 17.9. The molecular formula is C23H21N5O2S. The molecule has 0 unspecified atom stereocenters. The molecule has 3 heterocycles. The second kappa shape index (κ2) is 8.31. The van der Waals surface area contributed by atoms with E-state index in [0.717, 1.165) is 35.5 Å². The van der Waals surface area contributed by atoms with Gasteiger partial charge in [-0.05, 0) is 42.8 Å². The number of thiazole rings is 1. The molecule has 0 saturated carbocycles. The molecular weight excluding hydrogens is 410 g/mol. The van der Waals surface area contributed by atoms with Crippen molar-refractivity contribution >= 4 is 39.9 Å². The number of fused-ring (bicyclic) bond motifs is 2. The zero-order valence-electron chi connectivity index (χ0n) is 17.1. The van der Waals surface area contributed by atoms with Gasteiger partial charge in [-0.1, -0.05) is 12.1 Å². The SMILES string of the molecule is CN1CCCN(C(=O)c2ccc(OCc3cscn3)cc2)c2nc3ccccc3nc21. The largest absolute Gasteiger partial charge is 0.487 e. The number of ether oxygens (including phenoxy) is 1. The fourth-order valence-electron chi connectivity index (χ4n) is 3.61. The van der Waals surface area contributed by atoms with Crippen LogP contribution in [-0.4, -0.2) is 41.0 Å². The Hall–Kier alpha value is -3.52. The highest BCUT2D eigenvalue weighted by atomic mass is 32.1. The van der Waals surface area contributed by atoms with Crippen LogP contribution >= 0.6 is 11.3 Å². The third kappa shape index (κ3) is 3.94. The summed E-state index contributed by atoms with van der Waals surface area (Å²) in [5.41, 5.74) is 4.86. The number of anilines is 2. The predicted octanol–water partition coefficient (Wildman–Crippen LogP) is 4.15. The van der Waals surface area contributed by atoms with Crippen molar-refractivity contribution < 1.29 is 9.53 Å². The molecule has 1 aliphatic rings. The van der Waals surface area contributed by atoms with E-state index in [2.05, 4.69) is 9.88 Å². The maximum atomic E-state index is 13.4. The summed E-state index contributed by atoms with van der Waals surface area (Å²) in [6.45, 7) is 1.81. The molecule has 2 aromatic heterocycles. The van der Waals surface area contributed by atoms with E-state index >= 15 is 0 Å². The number of hydrogen-bond acceptors (Lipinski definition) is 7. The van der Waals surface area contributed by atoms with E-state index in [-0.39, 0.29) is 5.91 Å². The molecule has 156 valence electrons. The fraction of sp³-hybridized carbons (Fsp3) is 0.217. The Kier molecular flexibility index (Phi) is 5.21. The number of para-hydroxylation sites is 2. The molecule has 5 rings (SSSR count). The number of carbonyl (C=O) groups excluding carboxylic acids is 1. The highest BCUT2D eigenvalue weighted by Gasteiger charge is 2.27. The molecule has 31 heavy (non-hydrogen) atoms. The summed E-state index contributed by atoms with van der Waals surface area (Å²) in [6, 6.07) is 15.0. The highest BCUT2D eigenvalue weighted by Crippen LogP contribution is 2.31. The van der Waals surface area contributed by atoms with Crippen LogP contribution in [0.1, 0.15) is 22.5 Å². The molecule has 8 heteroatoms. The number of carbonyl (C=O) groups is 1. The first-order chi connectivity index (χ1) is 15.2. The molecule has 2 aromatic carbocycles. The van der Waals surface area contributed by atoms with Crippen LogP contribution in [0.15, 0.2) is 59.4 Å². The number of hydrogen-bond donors (Lipinski definition) is 0. The van der Waals surface area contributed by atoms with Gasteiger partial charge in [0.15, 0.2) is 11.6 Å². The van der Waals surface area contributed by atoms with Crippen LogP contribution in [0.25, 0.3) is 11.0 Å². The van der Waals surface area contributed by atoms with Gasteiger partial charge in [0.25, 0.3) is 5.91 Å². The molecule has 0 spiro atoms. The van der Waals surface area contributed by atoms with Gasteiger partial charge >= 0.3 is 0 Å². The van der Waals surface area contributed by atoms with Crippen molar-refractivity contribution in [2.75, 3.05) is 29.9 Å². The van der Waals surface area contributed by atoms with Crippen LogP contribution in [0.4, 0.5) is 11.6 Å². The fourth-order valence-corrected chi connectivity index (χ4v) is 4.15. The quantitative estimate of drug-likeness (QED) is 0.483. The molecule has 4 aromatic rings. The van der Waals surface area contributed by atoms with Crippen molar-refractivity contribution in [2.45, 2.75) is 13.0 Å². The van der Waals surface area contributed by atoms with E-state index in [1.54, 1.807) is 22.5 Å². The summed E-state index contributed by atoms with van der Waals surface area (Å²) in [7, 11) is 1.99. The molecule has 0 atom stereocenters. The number of nitrogens with zero attached hydrogens (tertiary/aromatic N) is 5. The van der Waals surface area contributed by atoms with E-state index in [0.29, 0.717) is 30.3 Å². The second-order valence-electron chi connectivity index (χ2n) is 7.38. The third-order valence-electron chi connectivity index (χ3n) is 5.24. The van der Waals surface area contributed by atoms with Crippen LogP contribution in [-0.2, 0) is 6.61 Å². The lowest BCUT2D eigenvalue weighted by Crippen LogP contribution is -2.32. The molecule has 0 fully saturated rings. The Morgan fingerprint density at radius 3 is 2.48 bits per heavy atom. The Morgan fingerprint density at radius 1 is 1.03 bits per heavy atom. The van der Waals surface area contributed by atoms with E-state index in [1.807, 2.05) is 48.8 Å². The summed E-state index contributed by atoms with van der Waals surface area (Å²) >= 11 is 1.54. The van der Waals surface area contributed by atoms with E-state index in [1.165, 1.54) is 11.3 Å². The molecule has 0 bridgehead atoms. The number of benzene rings is 2. The van der Waals surface area contributed by atoms with Crippen molar-refractivity contribution in [1.29, 1.82) is 0 Å². The average molecular weight is 432 g/mol. The van der Waals surface area contributed by atoms with E-state index in [9.17, 15) is 4.79 Å². The smallest absolute Gasteiger partial charge is 0.259 e. The molecule has 1 amide bonds. The monoisotopic (exact) mass is 431 g/mol. The van der Waals surface area contributed by atoms with Crippen molar-refractivity contribution in [3.05, 3.63) is 70.7 Å². The Labute approximate surface area is 184 Å². The van der Waals surface area contributed by atoms with Crippen LogP contribution < -0.4 is 14.5 Å². The van der Waals surface area contributed by atoms with Gasteiger partial charge in [-0.15, -0.1) is 11.3 Å². The first-order valence-corrected chi connectivity index (χ1v) is 11.0. The lowest BCUT2D eigenvalue weighted by Gasteiger charge is -2.23. The van der Waals surface area contributed by atoms with Crippen LogP contribution in [0.2, 0.25) is 0 Å². The number of amides is 1. The summed E-state index contributed by atoms with van der Waals surface area (Å²) in [6.07, 6.45) is 0.839. The van der Waals surface area contributed by atoms with Gasteiger partial charge in [-0.3, -0.25) is 9.69 Å². The summed E-state index contributed by atoms with van der Waals surface area (Å²) in [5.74, 6) is 1.94. The van der Waals surface area contributed by atoms with Crippen LogP contribution in [0.3, 0.4) is 0 Å². The molecule has 0 saturated heterocycles. The van der Waals surface area contributed by atoms with Crippen molar-refractivity contribution in [2.24, 2.45) is 0 Å². The number of rotatable bonds is 4. The van der Waals surface area contributed by atoms with Gasteiger partial charge < -0.3 is 9.64 Å². The van der Waals surface area contributed by atoms with Gasteiger partial charge in [0.05, 0.1) is 22.2 Å². The standard InChI is InChI=1S/C23H21N5O2S/c1-27-11-4-12-28(22-21(27)25-19-5-2-3-6-20(19)26-22)23(29)16-7-9-18(10-8-16)30-13-17-14-31-15-24-17/h2-3,5-10,14-15H,4,11-13H2,1H3. The van der Waals surface area contributed by atoms with Crippen LogP contribution in [0, 0.1) is 0 Å². The minimum absolute atomic E-state index is 0.0906. The lowest BCUT2D eigenvalue weighted by atomic mass is 10.2. The van der Waals surface area contributed by atoms with E-state index in [4.69, 9.17) is 14.7 Å². The molecule has 0 aliphatic carbocycles. The minimum Gasteiger partial charge on any atom is -0.487 e. The first kappa shape index (κ1) is 19.4. The first-order valence-electron chi connectivity index (χ1n) is 10.1. The van der Waals surface area contributed by atoms with Crippen molar-refractivity contribution in [3.8, 4) is 5.75 Å². The lowest BCUT2D eigenvalue weighted by molar-refractivity contribution is 0.0986. The number of aromatic nitrogens is 3. The molecule has 0 radical (unpaired) electrons. The topological polar surface area (TPSA) is 71.5 Å². The second-order valence-corrected chi connectivity index (χ2v) is 8.10. The summed E-state index contributed by atoms with van der Waals surface area (Å²) < 4.78 is 5.76. The maximum Gasteiger partial charge on any atom is 0.259 e. The van der Waals surface area contributed by atoms with Gasteiger partial charge in [0.2, 0.25) is 0 Å². The predicted molar refractivity (Wildman–Crippen MR) is 122 cm³/mol. The molecule has 1 aliphatic heterocycles. The van der Waals surface area contributed by atoms with Crippen molar-refractivity contribution in [1.82, 2.24) is 15.0 Å². The van der Waals surface area contributed by atoms with E-state index < -0.39 is 0 Å². The highest BCUT2D eigenvalue weighted by molar-refractivity contribution is 7.07. The molecule has 0 N–H and O–H groups in total. The average Bonchev–Trinajstić information content (AvgIpc) is 3.28.